The summed E-state index contributed by atoms with van der Waals surface area (Å²) in [6.07, 6.45) is 0.820. The van der Waals surface area contributed by atoms with E-state index in [-0.39, 0.29) is 0 Å². The van der Waals surface area contributed by atoms with Crippen LogP contribution in [0, 0.1) is 13.8 Å². The number of hydrogen-bond donors (Lipinski definition) is 0. The number of ether oxygens (including phenoxy) is 1. The van der Waals surface area contributed by atoms with E-state index in [1.165, 1.54) is 0 Å². The number of rotatable bonds is 4. The molecule has 3 heteroatoms. The van der Waals surface area contributed by atoms with Crippen LogP contribution in [0.5, 0.6) is 11.5 Å². The number of carbonyl (C=O) groups excluding carboxylic acids is 1. The van der Waals surface area contributed by atoms with Crippen molar-refractivity contribution in [3.63, 3.8) is 0 Å². The van der Waals surface area contributed by atoms with Crippen molar-refractivity contribution in [2.45, 2.75) is 33.6 Å². The number of halogens is 1. The molecule has 2 aromatic rings. The van der Waals surface area contributed by atoms with Crippen molar-refractivity contribution in [2.75, 3.05) is 0 Å². The van der Waals surface area contributed by atoms with Gasteiger partial charge in [-0.3, -0.25) is 4.79 Å². The first kappa shape index (κ1) is 15.6. The first-order chi connectivity index (χ1) is 9.92. The maximum atomic E-state index is 10.9. The van der Waals surface area contributed by atoms with Crippen molar-refractivity contribution in [1.82, 2.24) is 0 Å². The Morgan fingerprint density at radius 3 is 2.33 bits per heavy atom. The molecule has 0 bridgehead atoms. The second-order valence-electron chi connectivity index (χ2n) is 5.54. The Morgan fingerprint density at radius 1 is 1.05 bits per heavy atom. The number of benzene rings is 2. The molecule has 0 fully saturated rings. The Morgan fingerprint density at radius 2 is 1.71 bits per heavy atom. The lowest BCUT2D eigenvalue weighted by atomic mass is 10.0. The molecule has 0 heterocycles. The zero-order valence-corrected chi connectivity index (χ0v) is 13.5. The van der Waals surface area contributed by atoms with Crippen LogP contribution < -0.4 is 4.74 Å². The lowest BCUT2D eigenvalue weighted by Gasteiger charge is -2.15. The van der Waals surface area contributed by atoms with Crippen LogP contribution in [0.1, 0.15) is 46.8 Å². The summed E-state index contributed by atoms with van der Waals surface area (Å²) in [6.45, 7) is 8.11. The number of carbonyl (C=O) groups is 1. The quantitative estimate of drug-likeness (QED) is 0.679. The molecule has 2 nitrogen and oxygen atoms in total. The van der Waals surface area contributed by atoms with E-state index < -0.39 is 0 Å². The molecule has 0 saturated heterocycles. The molecule has 0 radical (unpaired) electrons. The highest BCUT2D eigenvalue weighted by Gasteiger charge is 2.12. The maximum Gasteiger partial charge on any atom is 0.150 e. The number of aldehydes is 1. The van der Waals surface area contributed by atoms with Gasteiger partial charge < -0.3 is 4.74 Å². The van der Waals surface area contributed by atoms with Crippen LogP contribution in [0.25, 0.3) is 0 Å². The van der Waals surface area contributed by atoms with E-state index in [1.54, 1.807) is 12.1 Å². The Kier molecular flexibility index (Phi) is 4.69. The van der Waals surface area contributed by atoms with E-state index in [0.29, 0.717) is 17.2 Å². The Bertz CT molecular complexity index is 675. The lowest BCUT2D eigenvalue weighted by Crippen LogP contribution is -1.96. The van der Waals surface area contributed by atoms with Gasteiger partial charge in [0.25, 0.3) is 0 Å². The third kappa shape index (κ3) is 3.45. The third-order valence-corrected chi connectivity index (χ3v) is 3.81. The van der Waals surface area contributed by atoms with Crippen LogP contribution in [0.2, 0.25) is 5.02 Å². The van der Waals surface area contributed by atoms with Gasteiger partial charge in [-0.15, -0.1) is 0 Å². The average molecular weight is 303 g/mol. The molecule has 0 unspecified atom stereocenters. The van der Waals surface area contributed by atoms with Gasteiger partial charge in [-0.1, -0.05) is 37.6 Å². The van der Waals surface area contributed by atoms with Crippen molar-refractivity contribution < 1.29 is 9.53 Å². The van der Waals surface area contributed by atoms with Crippen molar-refractivity contribution in [2.24, 2.45) is 0 Å². The highest BCUT2D eigenvalue weighted by Crippen LogP contribution is 2.34. The van der Waals surface area contributed by atoms with Crippen molar-refractivity contribution in [1.29, 1.82) is 0 Å². The third-order valence-electron chi connectivity index (χ3n) is 3.48. The maximum absolute atomic E-state index is 10.9. The monoisotopic (exact) mass is 302 g/mol. The minimum absolute atomic E-state index is 0.322. The Balaban J connectivity index is 2.44. The zero-order chi connectivity index (χ0) is 15.6. The summed E-state index contributed by atoms with van der Waals surface area (Å²) in [6, 6.07) is 9.32. The second kappa shape index (κ2) is 6.31. The fourth-order valence-electron chi connectivity index (χ4n) is 2.14. The van der Waals surface area contributed by atoms with Crippen LogP contribution in [-0.2, 0) is 0 Å². The summed E-state index contributed by atoms with van der Waals surface area (Å²) in [7, 11) is 0. The van der Waals surface area contributed by atoms with Crippen LogP contribution in [0.15, 0.2) is 30.3 Å². The summed E-state index contributed by atoms with van der Waals surface area (Å²) in [4.78, 5) is 10.9. The molecule has 0 N–H and O–H groups in total. The van der Waals surface area contributed by atoms with Crippen molar-refractivity contribution in [3.8, 4) is 11.5 Å². The molecule has 0 aliphatic heterocycles. The van der Waals surface area contributed by atoms with E-state index in [1.807, 2.05) is 32.0 Å². The molecule has 2 rings (SSSR count). The van der Waals surface area contributed by atoms with Crippen LogP contribution in [0.3, 0.4) is 0 Å². The molecule has 110 valence electrons. The van der Waals surface area contributed by atoms with E-state index in [2.05, 4.69) is 13.8 Å². The van der Waals surface area contributed by atoms with Gasteiger partial charge >= 0.3 is 0 Å². The molecule has 0 aliphatic rings. The van der Waals surface area contributed by atoms with Crippen LogP contribution >= 0.6 is 11.6 Å². The van der Waals surface area contributed by atoms with Gasteiger partial charge in [-0.25, -0.2) is 0 Å². The Hall–Kier alpha value is -1.80. The van der Waals surface area contributed by atoms with Gasteiger partial charge in [0.15, 0.2) is 0 Å². The van der Waals surface area contributed by atoms with Crippen molar-refractivity contribution in [3.05, 3.63) is 57.6 Å². The standard InChI is InChI=1S/C18H19ClO2/c1-11(2)15-9-18(13(4)7-16(15)19)21-17-8-14(10-20)6-5-12(17)3/h5-11H,1-4H3. The molecule has 0 amide bonds. The molecule has 0 atom stereocenters. The van der Waals surface area contributed by atoms with E-state index >= 15 is 0 Å². The fraction of sp³-hybridized carbons (Fsp3) is 0.278. The Labute approximate surface area is 130 Å². The number of aryl methyl sites for hydroxylation is 2. The van der Waals surface area contributed by atoms with Crippen LogP contribution in [-0.4, -0.2) is 6.29 Å². The van der Waals surface area contributed by atoms with Gasteiger partial charge in [0, 0.05) is 10.6 Å². The highest BCUT2D eigenvalue weighted by molar-refractivity contribution is 6.31. The molecule has 2 aromatic carbocycles. The summed E-state index contributed by atoms with van der Waals surface area (Å²) in [5.41, 5.74) is 3.62. The summed E-state index contributed by atoms with van der Waals surface area (Å²) >= 11 is 6.28. The van der Waals surface area contributed by atoms with Gasteiger partial charge in [0.1, 0.15) is 17.8 Å². The zero-order valence-electron chi connectivity index (χ0n) is 12.7. The molecule has 0 aromatic heterocycles. The molecule has 0 aliphatic carbocycles. The molecule has 0 spiro atoms. The summed E-state index contributed by atoms with van der Waals surface area (Å²) in [5.74, 6) is 1.79. The van der Waals surface area contributed by atoms with Gasteiger partial charge in [-0.05, 0) is 54.7 Å². The van der Waals surface area contributed by atoms with E-state index in [9.17, 15) is 4.79 Å². The fourth-order valence-corrected chi connectivity index (χ4v) is 2.58. The molecular weight excluding hydrogens is 284 g/mol. The summed E-state index contributed by atoms with van der Waals surface area (Å²) < 4.78 is 6.01. The number of hydrogen-bond acceptors (Lipinski definition) is 2. The minimum Gasteiger partial charge on any atom is -0.457 e. The largest absolute Gasteiger partial charge is 0.457 e. The predicted octanol–water partition coefficient (Wildman–Crippen LogP) is 5.69. The second-order valence-corrected chi connectivity index (χ2v) is 5.95. The van der Waals surface area contributed by atoms with E-state index in [0.717, 1.165) is 33.7 Å². The first-order valence-corrected chi connectivity index (χ1v) is 7.34. The minimum atomic E-state index is 0.322. The highest BCUT2D eigenvalue weighted by atomic mass is 35.5. The SMILES string of the molecule is Cc1ccc(C=O)cc1Oc1cc(C(C)C)c(Cl)cc1C. The smallest absolute Gasteiger partial charge is 0.150 e. The first-order valence-electron chi connectivity index (χ1n) is 6.96. The molecular formula is C18H19ClO2. The molecule has 21 heavy (non-hydrogen) atoms. The van der Waals surface area contributed by atoms with Crippen LogP contribution in [0.4, 0.5) is 0 Å². The average Bonchev–Trinajstić information content (AvgIpc) is 2.43. The van der Waals surface area contributed by atoms with Crippen molar-refractivity contribution >= 4 is 17.9 Å². The predicted molar refractivity (Wildman–Crippen MR) is 86.9 cm³/mol. The molecule has 0 saturated carbocycles. The van der Waals surface area contributed by atoms with Gasteiger partial charge in [-0.2, -0.15) is 0 Å². The van der Waals surface area contributed by atoms with E-state index in [4.69, 9.17) is 16.3 Å². The summed E-state index contributed by atoms with van der Waals surface area (Å²) in [5, 5.41) is 0.758. The topological polar surface area (TPSA) is 26.3 Å². The lowest BCUT2D eigenvalue weighted by molar-refractivity contribution is 0.112. The van der Waals surface area contributed by atoms with Gasteiger partial charge in [0.2, 0.25) is 0 Å². The van der Waals surface area contributed by atoms with Gasteiger partial charge in [0.05, 0.1) is 0 Å². The normalized spacial score (nSPS) is 10.8.